The van der Waals surface area contributed by atoms with Gasteiger partial charge in [-0.1, -0.05) is 6.92 Å². The SMILES string of the molecule is CCNCC1(O)CCCOCC1. The van der Waals surface area contributed by atoms with Gasteiger partial charge in [0.05, 0.1) is 5.60 Å². The fraction of sp³-hybridized carbons (Fsp3) is 1.00. The van der Waals surface area contributed by atoms with Crippen molar-refractivity contribution in [1.29, 1.82) is 0 Å². The lowest BCUT2D eigenvalue weighted by Gasteiger charge is -2.25. The number of hydrogen-bond donors (Lipinski definition) is 2. The molecule has 3 heteroatoms. The molecular formula is C9H19NO2. The molecule has 1 rings (SSSR count). The molecule has 1 atom stereocenters. The first kappa shape index (κ1) is 9.96. The molecule has 0 spiro atoms. The first-order chi connectivity index (χ1) is 5.77. The van der Waals surface area contributed by atoms with Crippen LogP contribution < -0.4 is 5.32 Å². The summed E-state index contributed by atoms with van der Waals surface area (Å²) in [5.74, 6) is 0. The molecule has 0 aromatic heterocycles. The van der Waals surface area contributed by atoms with Crippen molar-refractivity contribution >= 4 is 0 Å². The standard InChI is InChI=1S/C9H19NO2/c1-2-10-8-9(11)4-3-6-12-7-5-9/h10-11H,2-8H2,1H3. The van der Waals surface area contributed by atoms with E-state index >= 15 is 0 Å². The minimum Gasteiger partial charge on any atom is -0.388 e. The highest BCUT2D eigenvalue weighted by Gasteiger charge is 2.27. The summed E-state index contributed by atoms with van der Waals surface area (Å²) in [4.78, 5) is 0. The van der Waals surface area contributed by atoms with Gasteiger partial charge < -0.3 is 15.2 Å². The Morgan fingerprint density at radius 1 is 1.42 bits per heavy atom. The second-order valence-corrected chi connectivity index (χ2v) is 3.47. The highest BCUT2D eigenvalue weighted by atomic mass is 16.5. The minimum atomic E-state index is -0.521. The molecule has 0 saturated carbocycles. The summed E-state index contributed by atoms with van der Waals surface area (Å²) in [7, 11) is 0. The van der Waals surface area contributed by atoms with E-state index < -0.39 is 5.60 Å². The maximum atomic E-state index is 10.0. The Bertz CT molecular complexity index is 120. The summed E-state index contributed by atoms with van der Waals surface area (Å²) < 4.78 is 5.28. The van der Waals surface area contributed by atoms with Crippen LogP contribution in [0, 0.1) is 0 Å². The van der Waals surface area contributed by atoms with Crippen molar-refractivity contribution in [3.05, 3.63) is 0 Å². The van der Waals surface area contributed by atoms with Crippen LogP contribution in [0.3, 0.4) is 0 Å². The van der Waals surface area contributed by atoms with E-state index in [1.165, 1.54) is 0 Å². The number of likely N-dealkylation sites (N-methyl/N-ethyl adjacent to an activating group) is 1. The van der Waals surface area contributed by atoms with Gasteiger partial charge in [0.1, 0.15) is 0 Å². The van der Waals surface area contributed by atoms with Gasteiger partial charge in [-0.2, -0.15) is 0 Å². The van der Waals surface area contributed by atoms with Gasteiger partial charge in [-0.15, -0.1) is 0 Å². The molecule has 0 amide bonds. The Labute approximate surface area is 74.1 Å². The molecule has 1 fully saturated rings. The van der Waals surface area contributed by atoms with Crippen LogP contribution in [0.4, 0.5) is 0 Å². The minimum absolute atomic E-state index is 0.521. The monoisotopic (exact) mass is 173 g/mol. The summed E-state index contributed by atoms with van der Waals surface area (Å²) in [6, 6.07) is 0. The van der Waals surface area contributed by atoms with Gasteiger partial charge in [0, 0.05) is 26.2 Å². The van der Waals surface area contributed by atoms with E-state index in [0.29, 0.717) is 13.2 Å². The molecule has 0 bridgehead atoms. The molecule has 1 saturated heterocycles. The molecule has 1 aliphatic rings. The normalized spacial score (nSPS) is 31.5. The number of aliphatic hydroxyl groups is 1. The third kappa shape index (κ3) is 3.09. The van der Waals surface area contributed by atoms with E-state index in [1.54, 1.807) is 0 Å². The Kier molecular flexibility index (Phi) is 3.98. The van der Waals surface area contributed by atoms with Gasteiger partial charge in [-0.3, -0.25) is 0 Å². The zero-order valence-corrected chi connectivity index (χ0v) is 7.81. The maximum Gasteiger partial charge on any atom is 0.0794 e. The predicted octanol–water partition coefficient (Wildman–Crippen LogP) is 0.527. The molecular weight excluding hydrogens is 154 g/mol. The average Bonchev–Trinajstić information content (AvgIpc) is 2.27. The number of nitrogens with one attached hydrogen (secondary N) is 1. The van der Waals surface area contributed by atoms with E-state index in [-0.39, 0.29) is 0 Å². The van der Waals surface area contributed by atoms with E-state index in [1.807, 2.05) is 0 Å². The first-order valence-electron chi connectivity index (χ1n) is 4.78. The van der Waals surface area contributed by atoms with Crippen molar-refractivity contribution in [2.24, 2.45) is 0 Å². The lowest BCUT2D eigenvalue weighted by Crippen LogP contribution is -2.40. The fourth-order valence-corrected chi connectivity index (χ4v) is 1.53. The largest absolute Gasteiger partial charge is 0.388 e. The highest BCUT2D eigenvalue weighted by Crippen LogP contribution is 2.19. The maximum absolute atomic E-state index is 10.0. The quantitative estimate of drug-likeness (QED) is 0.654. The second kappa shape index (κ2) is 4.80. The Hall–Kier alpha value is -0.120. The second-order valence-electron chi connectivity index (χ2n) is 3.47. The van der Waals surface area contributed by atoms with Crippen molar-refractivity contribution in [1.82, 2.24) is 5.32 Å². The van der Waals surface area contributed by atoms with Crippen LogP contribution >= 0.6 is 0 Å². The molecule has 1 unspecified atom stereocenters. The molecule has 1 aliphatic heterocycles. The lowest BCUT2D eigenvalue weighted by atomic mass is 9.95. The van der Waals surface area contributed by atoms with Gasteiger partial charge in [0.15, 0.2) is 0 Å². The van der Waals surface area contributed by atoms with Crippen LogP contribution in [0.5, 0.6) is 0 Å². The van der Waals surface area contributed by atoms with Gasteiger partial charge in [0.2, 0.25) is 0 Å². The van der Waals surface area contributed by atoms with E-state index in [0.717, 1.165) is 32.4 Å². The van der Waals surface area contributed by atoms with Crippen molar-refractivity contribution < 1.29 is 9.84 Å². The molecule has 0 aromatic carbocycles. The molecule has 12 heavy (non-hydrogen) atoms. The van der Waals surface area contributed by atoms with Crippen LogP contribution in [0.2, 0.25) is 0 Å². The van der Waals surface area contributed by atoms with Gasteiger partial charge in [0.25, 0.3) is 0 Å². The summed E-state index contributed by atoms with van der Waals surface area (Å²) in [5.41, 5.74) is -0.521. The average molecular weight is 173 g/mol. The van der Waals surface area contributed by atoms with Gasteiger partial charge in [-0.05, 0) is 19.4 Å². The summed E-state index contributed by atoms with van der Waals surface area (Å²) in [6.45, 7) is 5.17. The molecule has 3 nitrogen and oxygen atoms in total. The highest BCUT2D eigenvalue weighted by molar-refractivity contribution is 4.82. The summed E-state index contributed by atoms with van der Waals surface area (Å²) in [5, 5.41) is 13.2. The molecule has 1 heterocycles. The zero-order valence-electron chi connectivity index (χ0n) is 7.81. The Morgan fingerprint density at radius 2 is 2.25 bits per heavy atom. The Balaban J connectivity index is 2.32. The third-order valence-corrected chi connectivity index (χ3v) is 2.35. The molecule has 0 aliphatic carbocycles. The van der Waals surface area contributed by atoms with Crippen molar-refractivity contribution in [3.8, 4) is 0 Å². The van der Waals surface area contributed by atoms with Crippen LogP contribution in [-0.4, -0.2) is 37.0 Å². The molecule has 0 radical (unpaired) electrons. The van der Waals surface area contributed by atoms with E-state index in [4.69, 9.17) is 4.74 Å². The van der Waals surface area contributed by atoms with E-state index in [2.05, 4.69) is 12.2 Å². The van der Waals surface area contributed by atoms with Gasteiger partial charge >= 0.3 is 0 Å². The lowest BCUT2D eigenvalue weighted by molar-refractivity contribution is 0.0195. The van der Waals surface area contributed by atoms with Crippen LogP contribution in [0.25, 0.3) is 0 Å². The summed E-state index contributed by atoms with van der Waals surface area (Å²) in [6.07, 6.45) is 2.60. The fourth-order valence-electron chi connectivity index (χ4n) is 1.53. The topological polar surface area (TPSA) is 41.5 Å². The smallest absolute Gasteiger partial charge is 0.0794 e. The van der Waals surface area contributed by atoms with Crippen molar-refractivity contribution in [2.45, 2.75) is 31.8 Å². The van der Waals surface area contributed by atoms with Crippen LogP contribution in [0.1, 0.15) is 26.2 Å². The number of hydrogen-bond acceptors (Lipinski definition) is 3. The van der Waals surface area contributed by atoms with Crippen molar-refractivity contribution in [2.75, 3.05) is 26.3 Å². The zero-order chi connectivity index (χ0) is 8.86. The van der Waals surface area contributed by atoms with Gasteiger partial charge in [-0.25, -0.2) is 0 Å². The van der Waals surface area contributed by atoms with E-state index in [9.17, 15) is 5.11 Å². The molecule has 72 valence electrons. The van der Waals surface area contributed by atoms with Crippen LogP contribution in [0.15, 0.2) is 0 Å². The van der Waals surface area contributed by atoms with Crippen LogP contribution in [-0.2, 0) is 4.74 Å². The first-order valence-corrected chi connectivity index (χ1v) is 4.78. The molecule has 0 aromatic rings. The summed E-state index contributed by atoms with van der Waals surface area (Å²) >= 11 is 0. The van der Waals surface area contributed by atoms with Crippen molar-refractivity contribution in [3.63, 3.8) is 0 Å². The number of ether oxygens (including phenoxy) is 1. The molecule has 2 N–H and O–H groups in total. The third-order valence-electron chi connectivity index (χ3n) is 2.35. The predicted molar refractivity (Wildman–Crippen MR) is 48.2 cm³/mol. The Morgan fingerprint density at radius 3 is 3.00 bits per heavy atom. The number of rotatable bonds is 3.